The maximum atomic E-state index is 6.00. The van der Waals surface area contributed by atoms with Crippen molar-refractivity contribution >= 4 is 11.6 Å². The molecule has 0 saturated carbocycles. The molecule has 0 unspecified atom stereocenters. The highest BCUT2D eigenvalue weighted by atomic mass is 35.5. The second-order valence-electron chi connectivity index (χ2n) is 5.74. The average Bonchev–Trinajstić information content (AvgIpc) is 3.15. The van der Waals surface area contributed by atoms with E-state index >= 15 is 0 Å². The Bertz CT molecular complexity index is 1010. The molecule has 0 aliphatic carbocycles. The van der Waals surface area contributed by atoms with E-state index in [0.717, 1.165) is 28.4 Å². The highest BCUT2D eigenvalue weighted by Crippen LogP contribution is 2.27. The quantitative estimate of drug-likeness (QED) is 0.497. The van der Waals surface area contributed by atoms with Crippen LogP contribution in [0.3, 0.4) is 0 Å². The molecule has 4 rings (SSSR count). The second-order valence-corrected chi connectivity index (χ2v) is 6.18. The number of hydrogen-bond donors (Lipinski definition) is 0. The summed E-state index contributed by atoms with van der Waals surface area (Å²) >= 11 is 6.00. The summed E-state index contributed by atoms with van der Waals surface area (Å²) in [6, 6.07) is 25.3. The van der Waals surface area contributed by atoms with Gasteiger partial charge in [-0.25, -0.2) is 9.67 Å². The van der Waals surface area contributed by atoms with Crippen LogP contribution in [0, 0.1) is 0 Å². The summed E-state index contributed by atoms with van der Waals surface area (Å²) in [6.07, 6.45) is 0. The summed E-state index contributed by atoms with van der Waals surface area (Å²) in [4.78, 5) is 4.78. The van der Waals surface area contributed by atoms with Gasteiger partial charge in [0.25, 0.3) is 0 Å². The molecule has 0 bridgehead atoms. The minimum atomic E-state index is 0.649. The molecular formula is C21H16ClN3O. The first-order valence-electron chi connectivity index (χ1n) is 8.17. The molecule has 0 aliphatic heterocycles. The van der Waals surface area contributed by atoms with Crippen LogP contribution in [0.5, 0.6) is 5.75 Å². The minimum Gasteiger partial charge on any atom is -0.497 e. The molecule has 1 heterocycles. The van der Waals surface area contributed by atoms with Crippen molar-refractivity contribution < 1.29 is 4.74 Å². The largest absolute Gasteiger partial charge is 0.497 e. The van der Waals surface area contributed by atoms with Gasteiger partial charge in [-0.2, -0.15) is 0 Å². The van der Waals surface area contributed by atoms with Crippen LogP contribution < -0.4 is 4.74 Å². The van der Waals surface area contributed by atoms with E-state index in [-0.39, 0.29) is 0 Å². The van der Waals surface area contributed by atoms with Gasteiger partial charge in [0, 0.05) is 16.1 Å². The summed E-state index contributed by atoms with van der Waals surface area (Å²) < 4.78 is 7.10. The van der Waals surface area contributed by atoms with Crippen LogP contribution in [0.15, 0.2) is 78.9 Å². The maximum Gasteiger partial charge on any atom is 0.182 e. The van der Waals surface area contributed by atoms with Crippen molar-refractivity contribution in [3.8, 4) is 34.2 Å². The molecule has 4 aromatic rings. The maximum absolute atomic E-state index is 6.00. The molecule has 0 spiro atoms. The van der Waals surface area contributed by atoms with E-state index in [1.807, 2.05) is 83.5 Å². The van der Waals surface area contributed by atoms with E-state index in [1.54, 1.807) is 7.11 Å². The number of para-hydroxylation sites is 1. The molecular weight excluding hydrogens is 346 g/mol. The van der Waals surface area contributed by atoms with Crippen LogP contribution in [0.2, 0.25) is 5.02 Å². The van der Waals surface area contributed by atoms with E-state index in [0.29, 0.717) is 10.8 Å². The number of methoxy groups -OCH3 is 1. The van der Waals surface area contributed by atoms with Crippen LogP contribution >= 0.6 is 11.6 Å². The number of ether oxygens (including phenoxy) is 1. The first kappa shape index (κ1) is 16.4. The van der Waals surface area contributed by atoms with Gasteiger partial charge >= 0.3 is 0 Å². The predicted octanol–water partition coefficient (Wildman–Crippen LogP) is 5.26. The normalized spacial score (nSPS) is 10.7. The van der Waals surface area contributed by atoms with Gasteiger partial charge in [0.2, 0.25) is 0 Å². The minimum absolute atomic E-state index is 0.649. The molecule has 26 heavy (non-hydrogen) atoms. The zero-order valence-electron chi connectivity index (χ0n) is 14.1. The van der Waals surface area contributed by atoms with E-state index in [4.69, 9.17) is 26.4 Å². The van der Waals surface area contributed by atoms with Crippen molar-refractivity contribution in [2.45, 2.75) is 0 Å². The van der Waals surface area contributed by atoms with Gasteiger partial charge in [-0.15, -0.1) is 5.10 Å². The van der Waals surface area contributed by atoms with Gasteiger partial charge in [0.05, 0.1) is 12.8 Å². The van der Waals surface area contributed by atoms with Crippen molar-refractivity contribution in [2.24, 2.45) is 0 Å². The lowest BCUT2D eigenvalue weighted by Gasteiger charge is -2.06. The monoisotopic (exact) mass is 361 g/mol. The summed E-state index contributed by atoms with van der Waals surface area (Å²) in [5, 5.41) is 5.42. The summed E-state index contributed by atoms with van der Waals surface area (Å²) in [6.45, 7) is 0. The molecule has 3 aromatic carbocycles. The number of hydrogen-bond acceptors (Lipinski definition) is 3. The third-order valence-corrected chi connectivity index (χ3v) is 4.31. The molecule has 4 nitrogen and oxygen atoms in total. The van der Waals surface area contributed by atoms with Gasteiger partial charge in [0.1, 0.15) is 5.75 Å². The molecule has 0 aliphatic rings. The fraction of sp³-hybridized carbons (Fsp3) is 0.0476. The van der Waals surface area contributed by atoms with Crippen LogP contribution in [0.4, 0.5) is 0 Å². The lowest BCUT2D eigenvalue weighted by Crippen LogP contribution is -1.99. The van der Waals surface area contributed by atoms with Gasteiger partial charge in [-0.05, 0) is 60.7 Å². The molecule has 0 saturated heterocycles. The number of nitrogens with zero attached hydrogens (tertiary/aromatic N) is 3. The predicted molar refractivity (Wildman–Crippen MR) is 104 cm³/mol. The fourth-order valence-corrected chi connectivity index (χ4v) is 2.84. The Morgan fingerprint density at radius 1 is 0.808 bits per heavy atom. The third kappa shape index (κ3) is 3.19. The van der Waals surface area contributed by atoms with Gasteiger partial charge in [-0.1, -0.05) is 29.8 Å². The van der Waals surface area contributed by atoms with Gasteiger partial charge in [-0.3, -0.25) is 0 Å². The Balaban J connectivity index is 1.86. The molecule has 0 fully saturated rings. The summed E-state index contributed by atoms with van der Waals surface area (Å²) in [5.41, 5.74) is 2.83. The number of aromatic nitrogens is 3. The van der Waals surface area contributed by atoms with Crippen molar-refractivity contribution in [3.63, 3.8) is 0 Å². The summed E-state index contributed by atoms with van der Waals surface area (Å²) in [7, 11) is 1.65. The molecule has 5 heteroatoms. The van der Waals surface area contributed by atoms with E-state index < -0.39 is 0 Å². The van der Waals surface area contributed by atoms with Crippen molar-refractivity contribution in [1.29, 1.82) is 0 Å². The lowest BCUT2D eigenvalue weighted by atomic mass is 10.2. The third-order valence-electron chi connectivity index (χ3n) is 4.06. The van der Waals surface area contributed by atoms with Crippen molar-refractivity contribution in [1.82, 2.24) is 14.8 Å². The molecule has 128 valence electrons. The Morgan fingerprint density at radius 3 is 2.12 bits per heavy atom. The molecule has 0 amide bonds. The van der Waals surface area contributed by atoms with Crippen LogP contribution in [0.25, 0.3) is 28.5 Å². The first-order chi connectivity index (χ1) is 12.7. The highest BCUT2D eigenvalue weighted by molar-refractivity contribution is 6.30. The summed E-state index contributed by atoms with van der Waals surface area (Å²) in [5.74, 6) is 2.22. The Labute approximate surface area is 156 Å². The zero-order valence-corrected chi connectivity index (χ0v) is 14.9. The number of halogens is 1. The average molecular weight is 362 g/mol. The smallest absolute Gasteiger partial charge is 0.182 e. The van der Waals surface area contributed by atoms with Crippen LogP contribution in [0.1, 0.15) is 0 Å². The zero-order chi connectivity index (χ0) is 17.9. The van der Waals surface area contributed by atoms with Crippen LogP contribution in [-0.4, -0.2) is 21.9 Å². The molecule has 0 atom stereocenters. The number of benzene rings is 3. The van der Waals surface area contributed by atoms with E-state index in [9.17, 15) is 0 Å². The van der Waals surface area contributed by atoms with Gasteiger partial charge in [0.15, 0.2) is 11.6 Å². The van der Waals surface area contributed by atoms with E-state index in [2.05, 4.69) is 0 Å². The van der Waals surface area contributed by atoms with Crippen molar-refractivity contribution in [3.05, 3.63) is 83.9 Å². The number of rotatable bonds is 4. The molecule has 1 aromatic heterocycles. The molecule has 0 N–H and O–H groups in total. The van der Waals surface area contributed by atoms with E-state index in [1.165, 1.54) is 0 Å². The van der Waals surface area contributed by atoms with Crippen LogP contribution in [-0.2, 0) is 0 Å². The highest BCUT2D eigenvalue weighted by Gasteiger charge is 2.15. The van der Waals surface area contributed by atoms with Crippen molar-refractivity contribution in [2.75, 3.05) is 7.11 Å². The Kier molecular flexibility index (Phi) is 4.42. The fourth-order valence-electron chi connectivity index (χ4n) is 2.71. The molecule has 0 radical (unpaired) electrons. The standard InChI is InChI=1S/C21H16ClN3O/c1-26-19-13-9-16(10-14-19)21-23-20(15-7-11-17(22)12-8-15)24-25(21)18-5-3-2-4-6-18/h2-14H,1H3. The first-order valence-corrected chi connectivity index (χ1v) is 8.55. The van der Waals surface area contributed by atoms with Gasteiger partial charge < -0.3 is 4.74 Å². The second kappa shape index (κ2) is 7.02. The Hall–Kier alpha value is -3.11. The Morgan fingerprint density at radius 2 is 1.46 bits per heavy atom. The topological polar surface area (TPSA) is 39.9 Å². The SMILES string of the molecule is COc1ccc(-c2nc(-c3ccc(Cl)cc3)nn2-c2ccccc2)cc1. The lowest BCUT2D eigenvalue weighted by molar-refractivity contribution is 0.415.